The molecule has 0 saturated carbocycles. The Hall–Kier alpha value is -6.05. The smallest absolute Gasteiger partial charge is 0.255 e. The van der Waals surface area contributed by atoms with Gasteiger partial charge in [-0.2, -0.15) is 0 Å². The highest BCUT2D eigenvalue weighted by Crippen LogP contribution is 2.20. The van der Waals surface area contributed by atoms with E-state index in [0.717, 1.165) is 41.9 Å². The van der Waals surface area contributed by atoms with E-state index >= 15 is 0 Å². The molecule has 2 aliphatic rings. The lowest BCUT2D eigenvalue weighted by molar-refractivity contribution is -0.142. The summed E-state index contributed by atoms with van der Waals surface area (Å²) in [5.41, 5.74) is 3.87. The van der Waals surface area contributed by atoms with Crippen molar-refractivity contribution in [1.82, 2.24) is 30.7 Å². The maximum atomic E-state index is 14.1. The van der Waals surface area contributed by atoms with Crippen molar-refractivity contribution in [3.63, 3.8) is 0 Å². The summed E-state index contributed by atoms with van der Waals surface area (Å²) in [7, 11) is 1.51. The number of hydrogen-bond acceptors (Lipinski definition) is 8. The molecule has 13 nitrogen and oxygen atoms in total. The van der Waals surface area contributed by atoms with Crippen LogP contribution in [-0.2, 0) is 50.0 Å². The summed E-state index contributed by atoms with van der Waals surface area (Å²) in [6, 6.07) is 31.5. The number of benzene rings is 4. The van der Waals surface area contributed by atoms with Crippen LogP contribution in [0.3, 0.4) is 0 Å². The molecule has 2 atom stereocenters. The van der Waals surface area contributed by atoms with E-state index in [9.17, 15) is 24.0 Å². The number of nitrogens with one attached hydrogen (secondary N) is 3. The molecule has 6 rings (SSSR count). The Kier molecular flexibility index (Phi) is 14.4. The minimum Gasteiger partial charge on any atom is -0.491 e. The predicted octanol–water partition coefficient (Wildman–Crippen LogP) is 2.93. The summed E-state index contributed by atoms with van der Waals surface area (Å²) in [4.78, 5) is 74.0. The summed E-state index contributed by atoms with van der Waals surface area (Å²) in [5.74, 6) is -2.35. The van der Waals surface area contributed by atoms with Crippen LogP contribution in [0.2, 0.25) is 0 Å². The summed E-state index contributed by atoms with van der Waals surface area (Å²) in [6.45, 7) is 3.62. The quantitative estimate of drug-likeness (QED) is 0.235. The van der Waals surface area contributed by atoms with Crippen molar-refractivity contribution in [2.45, 2.75) is 44.6 Å². The fourth-order valence-corrected chi connectivity index (χ4v) is 6.76. The number of ether oxygens (including phenoxy) is 2. The number of para-hydroxylation sites is 1. The van der Waals surface area contributed by atoms with Gasteiger partial charge in [0.05, 0.1) is 37.8 Å². The molecule has 2 heterocycles. The SMILES string of the molecule is CN1CC(=O)N[C@H](Cc2ccccc2)COc2ccccc2C(=O)N[C@H](C(=O)NCc2ccc(CN3CCOCC3)cc2)CC(=O)N(Cc2ccccc2)CC1=O. The molecule has 0 unspecified atom stereocenters. The number of amides is 5. The van der Waals surface area contributed by atoms with Crippen molar-refractivity contribution >= 4 is 29.5 Å². The van der Waals surface area contributed by atoms with Gasteiger partial charge in [-0.3, -0.25) is 28.9 Å². The molecule has 0 aliphatic carbocycles. The molecule has 0 aromatic heterocycles. The average molecular weight is 775 g/mol. The number of carbonyl (C=O) groups is 5. The molecule has 57 heavy (non-hydrogen) atoms. The molecule has 4 aromatic rings. The third-order valence-electron chi connectivity index (χ3n) is 9.96. The van der Waals surface area contributed by atoms with Gasteiger partial charge in [0.15, 0.2) is 0 Å². The fraction of sp³-hybridized carbons (Fsp3) is 0.341. The van der Waals surface area contributed by atoms with Gasteiger partial charge < -0.3 is 35.2 Å². The van der Waals surface area contributed by atoms with Crippen LogP contribution >= 0.6 is 0 Å². The van der Waals surface area contributed by atoms with Crippen LogP contribution in [0.25, 0.3) is 0 Å². The van der Waals surface area contributed by atoms with E-state index in [1.807, 2.05) is 84.9 Å². The van der Waals surface area contributed by atoms with Crippen LogP contribution in [0.4, 0.5) is 0 Å². The van der Waals surface area contributed by atoms with Gasteiger partial charge in [-0.05, 0) is 40.8 Å². The van der Waals surface area contributed by atoms with Crippen LogP contribution in [0.1, 0.15) is 39.0 Å². The largest absolute Gasteiger partial charge is 0.491 e. The van der Waals surface area contributed by atoms with Crippen LogP contribution in [-0.4, -0.2) is 109 Å². The Morgan fingerprint density at radius 2 is 1.35 bits per heavy atom. The molecular weight excluding hydrogens is 725 g/mol. The van der Waals surface area contributed by atoms with Crippen molar-refractivity contribution in [3.05, 3.63) is 137 Å². The highest BCUT2D eigenvalue weighted by Gasteiger charge is 2.30. The number of nitrogens with zero attached hydrogens (tertiary/aromatic N) is 3. The van der Waals surface area contributed by atoms with Crippen molar-refractivity contribution in [1.29, 1.82) is 0 Å². The molecule has 0 bridgehead atoms. The normalized spacial score (nSPS) is 19.1. The Bertz CT molecular complexity index is 1970. The van der Waals surface area contributed by atoms with Gasteiger partial charge >= 0.3 is 0 Å². The van der Waals surface area contributed by atoms with Gasteiger partial charge in [-0.1, -0.05) is 97.1 Å². The zero-order chi connectivity index (χ0) is 40.0. The summed E-state index contributed by atoms with van der Waals surface area (Å²) >= 11 is 0. The number of rotatable bonds is 9. The van der Waals surface area contributed by atoms with Crippen LogP contribution in [0.15, 0.2) is 109 Å². The Labute approximate surface area is 333 Å². The maximum Gasteiger partial charge on any atom is 0.255 e. The molecule has 4 aromatic carbocycles. The molecule has 0 radical (unpaired) electrons. The van der Waals surface area contributed by atoms with E-state index in [1.165, 1.54) is 16.8 Å². The number of carbonyl (C=O) groups excluding carboxylic acids is 5. The highest BCUT2D eigenvalue weighted by molar-refractivity contribution is 6.01. The second-order valence-electron chi connectivity index (χ2n) is 14.4. The predicted molar refractivity (Wildman–Crippen MR) is 214 cm³/mol. The van der Waals surface area contributed by atoms with E-state index in [-0.39, 0.29) is 44.1 Å². The zero-order valence-corrected chi connectivity index (χ0v) is 32.2. The Morgan fingerprint density at radius 3 is 2.07 bits per heavy atom. The standard InChI is InChI=1S/C44H50N6O7/c1-48-29-40(51)46-36(24-32-10-4-2-5-11-32)31-57-39-15-9-8-14-37(39)43(54)47-38(25-41(52)50(30-42(48)53)28-34-12-6-3-7-13-34)44(55)45-26-33-16-18-35(19-17-33)27-49-20-22-56-23-21-49/h2-19,36,38H,20-31H2,1H3,(H,45,55)(H,46,51)(H,47,54)/t36-,38+/m1/s1. The van der Waals surface area contributed by atoms with E-state index in [2.05, 4.69) is 20.9 Å². The van der Waals surface area contributed by atoms with Crippen LogP contribution < -0.4 is 20.7 Å². The molecular formula is C44H50N6O7. The van der Waals surface area contributed by atoms with E-state index in [0.29, 0.717) is 19.6 Å². The minimum atomic E-state index is -1.30. The molecule has 298 valence electrons. The number of hydrogen-bond donors (Lipinski definition) is 3. The van der Waals surface area contributed by atoms with Crippen molar-refractivity contribution in [2.75, 3.05) is 53.0 Å². The lowest BCUT2D eigenvalue weighted by Gasteiger charge is -2.27. The summed E-state index contributed by atoms with van der Waals surface area (Å²) in [6.07, 6.45) is -0.000643. The molecule has 5 amide bonds. The molecule has 2 aliphatic heterocycles. The lowest BCUT2D eigenvalue weighted by Crippen LogP contribution is -2.50. The van der Waals surface area contributed by atoms with E-state index < -0.39 is 48.0 Å². The molecule has 13 heteroatoms. The van der Waals surface area contributed by atoms with Gasteiger partial charge in [-0.15, -0.1) is 0 Å². The van der Waals surface area contributed by atoms with Crippen LogP contribution in [0, 0.1) is 0 Å². The van der Waals surface area contributed by atoms with Gasteiger partial charge in [0, 0.05) is 39.8 Å². The van der Waals surface area contributed by atoms with Gasteiger partial charge in [0.1, 0.15) is 24.9 Å². The second kappa shape index (κ2) is 20.2. The van der Waals surface area contributed by atoms with E-state index in [4.69, 9.17) is 9.47 Å². The molecule has 0 spiro atoms. The lowest BCUT2D eigenvalue weighted by atomic mass is 10.1. The average Bonchev–Trinajstić information content (AvgIpc) is 3.22. The topological polar surface area (TPSA) is 150 Å². The number of morpholine rings is 1. The number of likely N-dealkylation sites (N-methyl/N-ethyl adjacent to an activating group) is 1. The highest BCUT2D eigenvalue weighted by atomic mass is 16.5. The number of fused-ring (bicyclic) bond motifs is 1. The molecule has 1 fully saturated rings. The first-order valence-corrected chi connectivity index (χ1v) is 19.3. The molecule has 1 saturated heterocycles. The summed E-state index contributed by atoms with van der Waals surface area (Å²) in [5, 5.41) is 8.68. The minimum absolute atomic E-state index is 0.0150. The summed E-state index contributed by atoms with van der Waals surface area (Å²) < 4.78 is 11.6. The Balaban J connectivity index is 1.25. The first-order valence-electron chi connectivity index (χ1n) is 19.3. The molecule has 3 N–H and O–H groups in total. The first kappa shape index (κ1) is 40.6. The second-order valence-corrected chi connectivity index (χ2v) is 14.4. The third kappa shape index (κ3) is 12.2. The van der Waals surface area contributed by atoms with Crippen molar-refractivity contribution < 1.29 is 33.4 Å². The van der Waals surface area contributed by atoms with Crippen molar-refractivity contribution in [2.24, 2.45) is 0 Å². The maximum absolute atomic E-state index is 14.1. The van der Waals surface area contributed by atoms with Crippen LogP contribution in [0.5, 0.6) is 5.75 Å². The zero-order valence-electron chi connectivity index (χ0n) is 32.2. The fourth-order valence-electron chi connectivity index (χ4n) is 6.76. The van der Waals surface area contributed by atoms with Gasteiger partial charge in [0.25, 0.3) is 5.91 Å². The van der Waals surface area contributed by atoms with E-state index in [1.54, 1.807) is 24.3 Å². The van der Waals surface area contributed by atoms with Crippen molar-refractivity contribution in [3.8, 4) is 5.75 Å². The first-order chi connectivity index (χ1) is 27.7. The third-order valence-corrected chi connectivity index (χ3v) is 9.96. The van der Waals surface area contributed by atoms with Gasteiger partial charge in [0.2, 0.25) is 23.6 Å². The van der Waals surface area contributed by atoms with Gasteiger partial charge in [-0.25, -0.2) is 0 Å². The monoisotopic (exact) mass is 774 g/mol. The Morgan fingerprint density at radius 1 is 0.719 bits per heavy atom.